The van der Waals surface area contributed by atoms with E-state index in [-0.39, 0.29) is 17.9 Å². The lowest BCUT2D eigenvalue weighted by Gasteiger charge is -2.40. The predicted molar refractivity (Wildman–Crippen MR) is 95.5 cm³/mol. The van der Waals surface area contributed by atoms with Gasteiger partial charge in [0, 0.05) is 25.6 Å². The molecule has 0 aromatic rings. The van der Waals surface area contributed by atoms with E-state index < -0.39 is 0 Å². The van der Waals surface area contributed by atoms with Gasteiger partial charge in [0.05, 0.1) is 5.92 Å². The zero-order valence-electron chi connectivity index (χ0n) is 15.1. The average Bonchev–Trinajstić information content (AvgIpc) is 3.12. The molecule has 3 aliphatic rings. The van der Waals surface area contributed by atoms with Crippen LogP contribution in [0, 0.1) is 11.8 Å². The smallest absolute Gasteiger partial charge is 0.225 e. The summed E-state index contributed by atoms with van der Waals surface area (Å²) in [6.07, 6.45) is 14.5. The van der Waals surface area contributed by atoms with Crippen LogP contribution in [0.3, 0.4) is 0 Å². The van der Waals surface area contributed by atoms with Gasteiger partial charge in [-0.15, -0.1) is 0 Å². The van der Waals surface area contributed by atoms with Crippen LogP contribution in [-0.4, -0.2) is 35.8 Å². The van der Waals surface area contributed by atoms with E-state index in [4.69, 9.17) is 0 Å². The van der Waals surface area contributed by atoms with E-state index in [1.807, 2.05) is 0 Å². The average molecular weight is 335 g/mol. The Bertz CT molecular complexity index is 431. The number of amides is 2. The number of carbonyl (C=O) groups excluding carboxylic acids is 2. The van der Waals surface area contributed by atoms with Crippen LogP contribution in [0.15, 0.2) is 0 Å². The van der Waals surface area contributed by atoms with Crippen LogP contribution >= 0.6 is 0 Å². The molecule has 1 N–H and O–H groups in total. The van der Waals surface area contributed by atoms with E-state index in [1.54, 1.807) is 0 Å². The number of nitrogens with zero attached hydrogens (tertiary/aromatic N) is 1. The van der Waals surface area contributed by atoms with Gasteiger partial charge in [-0.3, -0.25) is 9.59 Å². The summed E-state index contributed by atoms with van der Waals surface area (Å²) < 4.78 is 0. The monoisotopic (exact) mass is 334 g/mol. The molecule has 0 spiro atoms. The van der Waals surface area contributed by atoms with Gasteiger partial charge in [-0.1, -0.05) is 38.5 Å². The molecular weight excluding hydrogens is 300 g/mol. The highest BCUT2D eigenvalue weighted by Crippen LogP contribution is 2.32. The molecule has 24 heavy (non-hydrogen) atoms. The molecule has 136 valence electrons. The van der Waals surface area contributed by atoms with Crippen LogP contribution in [0.4, 0.5) is 0 Å². The van der Waals surface area contributed by atoms with Crippen molar-refractivity contribution in [2.75, 3.05) is 13.1 Å². The number of nitrogens with one attached hydrogen (secondary N) is 1. The van der Waals surface area contributed by atoms with E-state index in [2.05, 4.69) is 10.2 Å². The Morgan fingerprint density at radius 2 is 1.71 bits per heavy atom. The van der Waals surface area contributed by atoms with Crippen LogP contribution in [0.1, 0.15) is 83.5 Å². The summed E-state index contributed by atoms with van der Waals surface area (Å²) in [7, 11) is 0. The Kier molecular flexibility index (Phi) is 6.56. The Hall–Kier alpha value is -1.06. The normalized spacial score (nSPS) is 29.8. The molecule has 0 bridgehead atoms. The molecule has 3 fully saturated rings. The number of carbonyl (C=O) groups is 2. The van der Waals surface area contributed by atoms with Crippen molar-refractivity contribution in [3.8, 4) is 0 Å². The molecule has 1 heterocycles. The van der Waals surface area contributed by atoms with E-state index >= 15 is 0 Å². The first kappa shape index (κ1) is 17.8. The minimum atomic E-state index is 0.0206. The maximum Gasteiger partial charge on any atom is 0.225 e. The van der Waals surface area contributed by atoms with Gasteiger partial charge in [0.1, 0.15) is 0 Å². The molecule has 2 atom stereocenters. The second kappa shape index (κ2) is 8.87. The molecule has 3 rings (SSSR count). The maximum absolute atomic E-state index is 13.0. The number of rotatable bonds is 3. The Morgan fingerprint density at radius 1 is 0.958 bits per heavy atom. The summed E-state index contributed by atoms with van der Waals surface area (Å²) in [6.45, 7) is 1.66. The molecule has 1 aliphatic heterocycles. The van der Waals surface area contributed by atoms with Gasteiger partial charge in [0.25, 0.3) is 0 Å². The standard InChI is InChI=1S/C20H34N2O2/c23-19(13-12-16-8-2-3-9-16)22-15-7-1-6-14-21-20(24)17-10-4-5-11-18(17)22/h16-18H,1-15H2,(H,21,24)/t17-,18+/m1/s1. The number of hydrogen-bond donors (Lipinski definition) is 1. The molecule has 1 saturated heterocycles. The van der Waals surface area contributed by atoms with Gasteiger partial charge < -0.3 is 10.2 Å². The fraction of sp³-hybridized carbons (Fsp3) is 0.900. The van der Waals surface area contributed by atoms with Gasteiger partial charge in [-0.05, 0) is 44.4 Å². The second-order valence-corrected chi connectivity index (χ2v) is 8.09. The third-order valence-electron chi connectivity index (χ3n) is 6.40. The van der Waals surface area contributed by atoms with Crippen molar-refractivity contribution in [3.05, 3.63) is 0 Å². The quantitative estimate of drug-likeness (QED) is 0.856. The Labute approximate surface area is 146 Å². The van der Waals surface area contributed by atoms with E-state index in [0.29, 0.717) is 12.3 Å². The summed E-state index contributed by atoms with van der Waals surface area (Å²) in [4.78, 5) is 27.6. The van der Waals surface area contributed by atoms with Gasteiger partial charge >= 0.3 is 0 Å². The molecule has 2 saturated carbocycles. The van der Waals surface area contributed by atoms with Gasteiger partial charge in [-0.25, -0.2) is 0 Å². The third kappa shape index (κ3) is 4.52. The molecule has 0 aromatic carbocycles. The summed E-state index contributed by atoms with van der Waals surface area (Å²) in [5.74, 6) is 1.29. The second-order valence-electron chi connectivity index (χ2n) is 8.09. The largest absolute Gasteiger partial charge is 0.356 e. The van der Waals surface area contributed by atoms with Crippen molar-refractivity contribution in [1.82, 2.24) is 10.2 Å². The lowest BCUT2D eigenvalue weighted by molar-refractivity contribution is -0.139. The van der Waals surface area contributed by atoms with Crippen molar-refractivity contribution >= 4 is 11.8 Å². The van der Waals surface area contributed by atoms with E-state index in [0.717, 1.165) is 70.4 Å². The zero-order chi connectivity index (χ0) is 16.8. The van der Waals surface area contributed by atoms with Crippen LogP contribution < -0.4 is 5.32 Å². The lowest BCUT2D eigenvalue weighted by atomic mass is 9.82. The van der Waals surface area contributed by atoms with Crippen molar-refractivity contribution in [1.29, 1.82) is 0 Å². The van der Waals surface area contributed by atoms with Crippen LogP contribution in [0.2, 0.25) is 0 Å². The van der Waals surface area contributed by atoms with Crippen molar-refractivity contribution in [2.24, 2.45) is 11.8 Å². The summed E-state index contributed by atoms with van der Waals surface area (Å²) in [6, 6.07) is 0.146. The number of fused-ring (bicyclic) bond motifs is 1. The van der Waals surface area contributed by atoms with E-state index in [1.165, 1.54) is 25.7 Å². The first-order valence-electron chi connectivity index (χ1n) is 10.3. The van der Waals surface area contributed by atoms with Crippen molar-refractivity contribution < 1.29 is 9.59 Å². The van der Waals surface area contributed by atoms with Gasteiger partial charge in [-0.2, -0.15) is 0 Å². The third-order valence-corrected chi connectivity index (χ3v) is 6.40. The molecule has 0 aromatic heterocycles. The molecule has 2 aliphatic carbocycles. The summed E-state index contributed by atoms with van der Waals surface area (Å²) in [5.41, 5.74) is 0. The topological polar surface area (TPSA) is 49.4 Å². The zero-order valence-corrected chi connectivity index (χ0v) is 15.1. The number of hydrogen-bond acceptors (Lipinski definition) is 2. The highest BCUT2D eigenvalue weighted by Gasteiger charge is 2.37. The molecule has 4 heteroatoms. The Morgan fingerprint density at radius 3 is 2.54 bits per heavy atom. The molecular formula is C20H34N2O2. The minimum absolute atomic E-state index is 0.0206. The first-order valence-corrected chi connectivity index (χ1v) is 10.3. The van der Waals surface area contributed by atoms with Crippen LogP contribution in [0.5, 0.6) is 0 Å². The molecule has 4 nitrogen and oxygen atoms in total. The van der Waals surface area contributed by atoms with Gasteiger partial charge in [0.2, 0.25) is 11.8 Å². The highest BCUT2D eigenvalue weighted by molar-refractivity contribution is 5.82. The fourth-order valence-corrected chi connectivity index (χ4v) is 4.96. The lowest BCUT2D eigenvalue weighted by Crippen LogP contribution is -2.51. The van der Waals surface area contributed by atoms with Crippen LogP contribution in [-0.2, 0) is 9.59 Å². The van der Waals surface area contributed by atoms with Crippen molar-refractivity contribution in [3.63, 3.8) is 0 Å². The van der Waals surface area contributed by atoms with Crippen molar-refractivity contribution in [2.45, 2.75) is 89.5 Å². The SMILES string of the molecule is O=C1NCCCCCN(C(=O)CCC2CCCC2)[C@H]2CCCC[C@@H]12. The molecule has 0 radical (unpaired) electrons. The highest BCUT2D eigenvalue weighted by atomic mass is 16.2. The van der Waals surface area contributed by atoms with Crippen LogP contribution in [0.25, 0.3) is 0 Å². The maximum atomic E-state index is 13.0. The molecule has 2 amide bonds. The fourth-order valence-electron chi connectivity index (χ4n) is 4.96. The Balaban J connectivity index is 1.65. The first-order chi connectivity index (χ1) is 11.8. The summed E-state index contributed by atoms with van der Waals surface area (Å²) in [5, 5.41) is 3.11. The van der Waals surface area contributed by atoms with E-state index in [9.17, 15) is 9.59 Å². The summed E-state index contributed by atoms with van der Waals surface area (Å²) >= 11 is 0. The predicted octanol–water partition coefficient (Wildman–Crippen LogP) is 3.64. The molecule has 0 unspecified atom stereocenters. The van der Waals surface area contributed by atoms with Gasteiger partial charge in [0.15, 0.2) is 0 Å². The minimum Gasteiger partial charge on any atom is -0.356 e.